The second kappa shape index (κ2) is 11.2. The van der Waals surface area contributed by atoms with Crippen LogP contribution in [0.3, 0.4) is 0 Å². The average Bonchev–Trinajstić information content (AvgIpc) is 2.78. The Morgan fingerprint density at radius 3 is 2.45 bits per heavy atom. The van der Waals surface area contributed by atoms with Gasteiger partial charge >= 0.3 is 0 Å². The molecule has 0 aliphatic heterocycles. The molecule has 0 bridgehead atoms. The lowest BCUT2D eigenvalue weighted by Crippen LogP contribution is -2.24. The van der Waals surface area contributed by atoms with Gasteiger partial charge in [0.2, 0.25) is 0 Å². The van der Waals surface area contributed by atoms with Gasteiger partial charge in [0.1, 0.15) is 18.1 Å². The largest absolute Gasteiger partial charge is 0.489 e. The van der Waals surface area contributed by atoms with E-state index in [0.29, 0.717) is 29.0 Å². The molecule has 0 fully saturated rings. The van der Waals surface area contributed by atoms with Gasteiger partial charge in [-0.05, 0) is 59.0 Å². The highest BCUT2D eigenvalue weighted by atomic mass is 35.5. The summed E-state index contributed by atoms with van der Waals surface area (Å²) >= 11 is 5.89. The Bertz CT molecular complexity index is 1020. The molecule has 31 heavy (non-hydrogen) atoms. The number of rotatable bonds is 9. The van der Waals surface area contributed by atoms with Crippen LogP contribution in [0.2, 0.25) is 5.02 Å². The minimum atomic E-state index is -0.334. The zero-order valence-corrected chi connectivity index (χ0v) is 18.3. The summed E-state index contributed by atoms with van der Waals surface area (Å²) < 4.78 is 11.3. The predicted octanol–water partition coefficient (Wildman–Crippen LogP) is 5.57. The van der Waals surface area contributed by atoms with E-state index >= 15 is 0 Å². The molecule has 0 spiro atoms. The van der Waals surface area contributed by atoms with Gasteiger partial charge in [-0.2, -0.15) is 5.10 Å². The number of hydrogen-bond acceptors (Lipinski definition) is 4. The third-order valence-electron chi connectivity index (χ3n) is 4.50. The standard InChI is InChI=1S/C25H25ClN2O3/c1-18(2)21-8-12-23(13-9-21)31-17-25(29)28-27-15-20-4-3-5-24(14-20)30-16-19-6-10-22(26)11-7-19/h3-15,18H,16-17H2,1-2H3,(H,28,29)/b27-15+. The molecule has 3 aromatic carbocycles. The van der Waals surface area contributed by atoms with E-state index < -0.39 is 0 Å². The number of hydrazone groups is 1. The molecule has 160 valence electrons. The highest BCUT2D eigenvalue weighted by Gasteiger charge is 2.03. The summed E-state index contributed by atoms with van der Waals surface area (Å²) in [5.41, 5.74) is 5.52. The summed E-state index contributed by atoms with van der Waals surface area (Å²) in [5, 5.41) is 4.68. The Morgan fingerprint density at radius 1 is 1.00 bits per heavy atom. The Morgan fingerprint density at radius 2 is 1.74 bits per heavy atom. The molecule has 0 atom stereocenters. The number of ether oxygens (including phenoxy) is 2. The number of nitrogens with zero attached hydrogens (tertiary/aromatic N) is 1. The third-order valence-corrected chi connectivity index (χ3v) is 4.75. The van der Waals surface area contributed by atoms with E-state index in [2.05, 4.69) is 24.4 Å². The Kier molecular flexibility index (Phi) is 8.07. The summed E-state index contributed by atoms with van der Waals surface area (Å²) in [6, 6.07) is 22.7. The van der Waals surface area contributed by atoms with Crippen molar-refractivity contribution in [2.24, 2.45) is 5.10 Å². The summed E-state index contributed by atoms with van der Waals surface area (Å²) in [6.07, 6.45) is 1.56. The number of hydrogen-bond donors (Lipinski definition) is 1. The zero-order chi connectivity index (χ0) is 22.1. The van der Waals surface area contributed by atoms with Crippen molar-refractivity contribution < 1.29 is 14.3 Å². The Hall–Kier alpha value is -3.31. The first kappa shape index (κ1) is 22.4. The van der Waals surface area contributed by atoms with Crippen LogP contribution in [0.4, 0.5) is 0 Å². The van der Waals surface area contributed by atoms with Crippen molar-refractivity contribution >= 4 is 23.7 Å². The molecule has 3 aromatic rings. The first-order valence-corrected chi connectivity index (χ1v) is 10.4. The number of halogens is 1. The van der Waals surface area contributed by atoms with Crippen molar-refractivity contribution in [1.29, 1.82) is 0 Å². The van der Waals surface area contributed by atoms with Gasteiger partial charge in [0.05, 0.1) is 6.21 Å². The monoisotopic (exact) mass is 436 g/mol. The van der Waals surface area contributed by atoms with E-state index in [1.807, 2.05) is 72.8 Å². The van der Waals surface area contributed by atoms with Crippen LogP contribution in [0, 0.1) is 0 Å². The molecule has 6 heteroatoms. The van der Waals surface area contributed by atoms with Gasteiger partial charge in [-0.15, -0.1) is 0 Å². The lowest BCUT2D eigenvalue weighted by molar-refractivity contribution is -0.123. The SMILES string of the molecule is CC(C)c1ccc(OCC(=O)N/N=C/c2cccc(OCc3ccc(Cl)cc3)c2)cc1. The van der Waals surface area contributed by atoms with E-state index in [1.165, 1.54) is 5.56 Å². The van der Waals surface area contributed by atoms with Crippen molar-refractivity contribution in [2.45, 2.75) is 26.4 Å². The van der Waals surface area contributed by atoms with Gasteiger partial charge in [0.15, 0.2) is 6.61 Å². The molecule has 0 aromatic heterocycles. The third kappa shape index (κ3) is 7.46. The molecule has 0 saturated heterocycles. The van der Waals surface area contributed by atoms with Crippen LogP contribution in [0.25, 0.3) is 0 Å². The van der Waals surface area contributed by atoms with Gasteiger partial charge in [-0.1, -0.05) is 61.8 Å². The van der Waals surface area contributed by atoms with Crippen LogP contribution in [0.1, 0.15) is 36.5 Å². The number of carbonyl (C=O) groups is 1. The normalized spacial score (nSPS) is 11.0. The van der Waals surface area contributed by atoms with E-state index in [-0.39, 0.29) is 12.5 Å². The predicted molar refractivity (Wildman–Crippen MR) is 124 cm³/mol. The molecule has 0 heterocycles. The van der Waals surface area contributed by atoms with Gasteiger partial charge in [0.25, 0.3) is 5.91 Å². The minimum absolute atomic E-state index is 0.109. The maximum atomic E-state index is 11.9. The Labute approximate surface area is 187 Å². The van der Waals surface area contributed by atoms with Crippen LogP contribution in [-0.4, -0.2) is 18.7 Å². The highest BCUT2D eigenvalue weighted by molar-refractivity contribution is 6.30. The lowest BCUT2D eigenvalue weighted by Gasteiger charge is -2.08. The van der Waals surface area contributed by atoms with Gasteiger partial charge in [-0.25, -0.2) is 5.43 Å². The topological polar surface area (TPSA) is 59.9 Å². The molecule has 3 rings (SSSR count). The fourth-order valence-electron chi connectivity index (χ4n) is 2.74. The van der Waals surface area contributed by atoms with Crippen LogP contribution >= 0.6 is 11.6 Å². The molecule has 0 unspecified atom stereocenters. The molecule has 1 amide bonds. The lowest BCUT2D eigenvalue weighted by atomic mass is 10.0. The quantitative estimate of drug-likeness (QED) is 0.352. The second-order valence-corrected chi connectivity index (χ2v) is 7.73. The molecular weight excluding hydrogens is 412 g/mol. The molecule has 5 nitrogen and oxygen atoms in total. The van der Waals surface area contributed by atoms with Crippen molar-refractivity contribution in [1.82, 2.24) is 5.43 Å². The van der Waals surface area contributed by atoms with Gasteiger partial charge < -0.3 is 9.47 Å². The molecule has 0 radical (unpaired) electrons. The van der Waals surface area contributed by atoms with Gasteiger partial charge in [0, 0.05) is 5.02 Å². The zero-order valence-electron chi connectivity index (χ0n) is 17.5. The average molecular weight is 437 g/mol. The van der Waals surface area contributed by atoms with Crippen LogP contribution in [0.15, 0.2) is 77.9 Å². The fourth-order valence-corrected chi connectivity index (χ4v) is 2.87. The summed E-state index contributed by atoms with van der Waals surface area (Å²) in [4.78, 5) is 11.9. The fraction of sp³-hybridized carbons (Fsp3) is 0.200. The molecular formula is C25H25ClN2O3. The number of carbonyl (C=O) groups excluding carboxylic acids is 1. The first-order chi connectivity index (χ1) is 15.0. The van der Waals surface area contributed by atoms with Crippen molar-refractivity contribution in [3.05, 3.63) is 94.5 Å². The maximum absolute atomic E-state index is 11.9. The number of nitrogens with one attached hydrogen (secondary N) is 1. The number of amides is 1. The molecule has 0 saturated carbocycles. The van der Waals surface area contributed by atoms with Crippen molar-refractivity contribution in [3.63, 3.8) is 0 Å². The summed E-state index contributed by atoms with van der Waals surface area (Å²) in [6.45, 7) is 4.58. The van der Waals surface area contributed by atoms with E-state index in [1.54, 1.807) is 6.21 Å². The number of benzene rings is 3. The summed E-state index contributed by atoms with van der Waals surface area (Å²) in [5.74, 6) is 1.47. The van der Waals surface area contributed by atoms with E-state index in [4.69, 9.17) is 21.1 Å². The van der Waals surface area contributed by atoms with Crippen LogP contribution in [0.5, 0.6) is 11.5 Å². The van der Waals surface area contributed by atoms with Crippen LogP contribution in [-0.2, 0) is 11.4 Å². The minimum Gasteiger partial charge on any atom is -0.489 e. The maximum Gasteiger partial charge on any atom is 0.277 e. The summed E-state index contributed by atoms with van der Waals surface area (Å²) in [7, 11) is 0. The molecule has 0 aliphatic rings. The first-order valence-electron chi connectivity index (χ1n) is 10.0. The molecule has 1 N–H and O–H groups in total. The van der Waals surface area contributed by atoms with E-state index in [9.17, 15) is 4.79 Å². The second-order valence-electron chi connectivity index (χ2n) is 7.29. The smallest absolute Gasteiger partial charge is 0.277 e. The molecule has 0 aliphatic carbocycles. The van der Waals surface area contributed by atoms with E-state index in [0.717, 1.165) is 11.1 Å². The van der Waals surface area contributed by atoms with Crippen molar-refractivity contribution in [3.8, 4) is 11.5 Å². The highest BCUT2D eigenvalue weighted by Crippen LogP contribution is 2.18. The van der Waals surface area contributed by atoms with Crippen LogP contribution < -0.4 is 14.9 Å². The van der Waals surface area contributed by atoms with Gasteiger partial charge in [-0.3, -0.25) is 4.79 Å². The Balaban J connectivity index is 1.45. The van der Waals surface area contributed by atoms with Crippen molar-refractivity contribution in [2.75, 3.05) is 6.61 Å².